The number of rotatable bonds is 6. The van der Waals surface area contributed by atoms with Gasteiger partial charge in [0.2, 0.25) is 0 Å². The summed E-state index contributed by atoms with van der Waals surface area (Å²) in [5, 5.41) is 16.9. The lowest BCUT2D eigenvalue weighted by atomic mass is 10.1. The Hall–Kier alpha value is -3.06. The zero-order valence-corrected chi connectivity index (χ0v) is 16.4. The van der Waals surface area contributed by atoms with E-state index in [1.807, 2.05) is 60.1 Å². The minimum Gasteiger partial charge on any atom is -0.361 e. The average molecular weight is 396 g/mol. The van der Waals surface area contributed by atoms with Crippen molar-refractivity contribution in [1.82, 2.24) is 30.2 Å². The van der Waals surface area contributed by atoms with E-state index in [4.69, 9.17) is 11.6 Å². The summed E-state index contributed by atoms with van der Waals surface area (Å²) in [5.74, 6) is 1.56. The van der Waals surface area contributed by atoms with E-state index >= 15 is 0 Å². The van der Waals surface area contributed by atoms with Crippen molar-refractivity contribution < 1.29 is 0 Å². The van der Waals surface area contributed by atoms with Crippen LogP contribution in [0.2, 0.25) is 5.02 Å². The van der Waals surface area contributed by atoms with Crippen molar-refractivity contribution in [2.75, 3.05) is 13.1 Å². The number of aliphatic imine (C=N–C) groups is 1. The van der Waals surface area contributed by atoms with E-state index in [0.717, 1.165) is 52.9 Å². The molecule has 1 aromatic carbocycles. The summed E-state index contributed by atoms with van der Waals surface area (Å²) in [4.78, 5) is 7.93. The van der Waals surface area contributed by atoms with Crippen molar-refractivity contribution in [3.8, 4) is 0 Å². The van der Waals surface area contributed by atoms with Gasteiger partial charge in [-0.15, -0.1) is 10.2 Å². The molecular weight excluding hydrogens is 374 g/mol. The van der Waals surface area contributed by atoms with Gasteiger partial charge in [0.25, 0.3) is 0 Å². The SMILES string of the molecule is CCNC(=NCc1nnc2ccccn12)NCCc1c[nH]c2ccc(Cl)cc12. The molecule has 0 bridgehead atoms. The minimum atomic E-state index is 0.448. The molecule has 0 saturated heterocycles. The Kier molecular flexibility index (Phi) is 5.43. The molecule has 0 aliphatic carbocycles. The molecule has 0 unspecified atom stereocenters. The van der Waals surface area contributed by atoms with Crippen LogP contribution >= 0.6 is 11.6 Å². The van der Waals surface area contributed by atoms with Crippen LogP contribution in [0.15, 0.2) is 53.8 Å². The Morgan fingerprint density at radius 1 is 1.21 bits per heavy atom. The predicted octanol–water partition coefficient (Wildman–Crippen LogP) is 3.16. The first-order valence-corrected chi connectivity index (χ1v) is 9.68. The van der Waals surface area contributed by atoms with Crippen LogP contribution in [0.5, 0.6) is 0 Å². The van der Waals surface area contributed by atoms with Gasteiger partial charge in [-0.25, -0.2) is 4.99 Å². The Balaban J connectivity index is 1.41. The molecule has 4 rings (SSSR count). The number of guanidine groups is 1. The van der Waals surface area contributed by atoms with Gasteiger partial charge in [0.1, 0.15) is 6.54 Å². The van der Waals surface area contributed by atoms with E-state index in [1.165, 1.54) is 5.56 Å². The first kappa shape index (κ1) is 18.3. The number of benzene rings is 1. The number of H-pyrrole nitrogens is 1. The summed E-state index contributed by atoms with van der Waals surface area (Å²) in [6, 6.07) is 11.7. The summed E-state index contributed by atoms with van der Waals surface area (Å²) in [5.41, 5.74) is 3.15. The van der Waals surface area contributed by atoms with Gasteiger partial charge in [0, 0.05) is 41.4 Å². The third kappa shape index (κ3) is 3.94. The largest absolute Gasteiger partial charge is 0.361 e. The molecule has 0 saturated carbocycles. The number of hydrogen-bond acceptors (Lipinski definition) is 3. The third-order valence-corrected chi connectivity index (χ3v) is 4.76. The number of hydrogen-bond donors (Lipinski definition) is 3. The molecule has 3 heterocycles. The van der Waals surface area contributed by atoms with Crippen molar-refractivity contribution in [3.63, 3.8) is 0 Å². The van der Waals surface area contributed by atoms with Crippen LogP contribution < -0.4 is 10.6 Å². The van der Waals surface area contributed by atoms with Crippen molar-refractivity contribution in [3.05, 3.63) is 65.2 Å². The highest BCUT2D eigenvalue weighted by Crippen LogP contribution is 2.22. The summed E-state index contributed by atoms with van der Waals surface area (Å²) >= 11 is 6.13. The van der Waals surface area contributed by atoms with Crippen molar-refractivity contribution >= 4 is 34.1 Å². The summed E-state index contributed by atoms with van der Waals surface area (Å²) < 4.78 is 1.95. The van der Waals surface area contributed by atoms with Crippen LogP contribution in [-0.4, -0.2) is 38.6 Å². The van der Waals surface area contributed by atoms with Crippen molar-refractivity contribution in [2.45, 2.75) is 19.9 Å². The highest BCUT2D eigenvalue weighted by molar-refractivity contribution is 6.31. The molecule has 0 atom stereocenters. The van der Waals surface area contributed by atoms with Gasteiger partial charge in [-0.2, -0.15) is 0 Å². The summed E-state index contributed by atoms with van der Waals surface area (Å²) in [6.45, 7) is 4.04. The highest BCUT2D eigenvalue weighted by Gasteiger charge is 2.07. The molecule has 144 valence electrons. The van der Waals surface area contributed by atoms with Gasteiger partial charge in [-0.05, 0) is 49.2 Å². The Morgan fingerprint density at radius 2 is 2.14 bits per heavy atom. The van der Waals surface area contributed by atoms with Gasteiger partial charge in [-0.1, -0.05) is 17.7 Å². The lowest BCUT2D eigenvalue weighted by Crippen LogP contribution is -2.38. The second kappa shape index (κ2) is 8.31. The number of aromatic amines is 1. The first-order valence-electron chi connectivity index (χ1n) is 9.31. The summed E-state index contributed by atoms with van der Waals surface area (Å²) in [7, 11) is 0. The van der Waals surface area contributed by atoms with Gasteiger partial charge in [0.05, 0.1) is 0 Å². The number of nitrogens with zero attached hydrogens (tertiary/aromatic N) is 4. The Morgan fingerprint density at radius 3 is 3.04 bits per heavy atom. The van der Waals surface area contributed by atoms with Crippen LogP contribution in [0.3, 0.4) is 0 Å². The van der Waals surface area contributed by atoms with E-state index in [9.17, 15) is 0 Å². The Bertz CT molecular complexity index is 1110. The molecule has 3 N–H and O–H groups in total. The van der Waals surface area contributed by atoms with E-state index < -0.39 is 0 Å². The lowest BCUT2D eigenvalue weighted by molar-refractivity contribution is 0.789. The summed E-state index contributed by atoms with van der Waals surface area (Å²) in [6.07, 6.45) is 4.84. The normalized spacial score (nSPS) is 12.0. The number of pyridine rings is 1. The third-order valence-electron chi connectivity index (χ3n) is 4.52. The maximum atomic E-state index is 6.13. The fourth-order valence-electron chi connectivity index (χ4n) is 3.16. The smallest absolute Gasteiger partial charge is 0.191 e. The second-order valence-corrected chi connectivity index (χ2v) is 6.86. The van der Waals surface area contributed by atoms with Crippen molar-refractivity contribution in [2.24, 2.45) is 4.99 Å². The van der Waals surface area contributed by atoms with E-state index in [1.54, 1.807) is 0 Å². The lowest BCUT2D eigenvalue weighted by Gasteiger charge is -2.11. The number of fused-ring (bicyclic) bond motifs is 2. The van der Waals surface area contributed by atoms with Crippen LogP contribution in [0.4, 0.5) is 0 Å². The number of halogens is 1. The molecule has 7 nitrogen and oxygen atoms in total. The molecule has 8 heteroatoms. The zero-order chi connectivity index (χ0) is 19.3. The average Bonchev–Trinajstić information content (AvgIpc) is 3.30. The van der Waals surface area contributed by atoms with E-state index in [2.05, 4.69) is 30.8 Å². The predicted molar refractivity (Wildman–Crippen MR) is 113 cm³/mol. The number of nitrogens with one attached hydrogen (secondary N) is 3. The molecule has 0 aliphatic rings. The van der Waals surface area contributed by atoms with Crippen LogP contribution in [-0.2, 0) is 13.0 Å². The molecular formula is C20H22ClN7. The second-order valence-electron chi connectivity index (χ2n) is 6.42. The standard InChI is InChI=1S/C20H22ClN7/c1-2-22-20(25-13-19-27-26-18-5-3-4-10-28(18)19)23-9-8-14-12-24-17-7-6-15(21)11-16(14)17/h3-7,10-12,24H,2,8-9,13H2,1H3,(H2,22,23,25). The fourth-order valence-corrected chi connectivity index (χ4v) is 3.34. The quantitative estimate of drug-likeness (QED) is 0.346. The molecule has 0 radical (unpaired) electrons. The topological polar surface area (TPSA) is 82.4 Å². The molecule has 0 aliphatic heterocycles. The Labute approximate surface area is 167 Å². The van der Waals surface area contributed by atoms with Crippen LogP contribution in [0, 0.1) is 0 Å². The maximum Gasteiger partial charge on any atom is 0.191 e. The maximum absolute atomic E-state index is 6.13. The zero-order valence-electron chi connectivity index (χ0n) is 15.6. The van der Waals surface area contributed by atoms with Crippen LogP contribution in [0.25, 0.3) is 16.6 Å². The minimum absolute atomic E-state index is 0.448. The van der Waals surface area contributed by atoms with Crippen LogP contribution in [0.1, 0.15) is 18.3 Å². The molecule has 4 aromatic rings. The van der Waals surface area contributed by atoms with E-state index in [-0.39, 0.29) is 0 Å². The number of aromatic nitrogens is 4. The van der Waals surface area contributed by atoms with Crippen molar-refractivity contribution in [1.29, 1.82) is 0 Å². The van der Waals surface area contributed by atoms with Gasteiger partial charge in [0.15, 0.2) is 17.4 Å². The van der Waals surface area contributed by atoms with Gasteiger partial charge >= 0.3 is 0 Å². The first-order chi connectivity index (χ1) is 13.7. The highest BCUT2D eigenvalue weighted by atomic mass is 35.5. The monoisotopic (exact) mass is 395 g/mol. The van der Waals surface area contributed by atoms with E-state index in [0.29, 0.717) is 6.54 Å². The molecule has 3 aromatic heterocycles. The molecule has 28 heavy (non-hydrogen) atoms. The van der Waals surface area contributed by atoms with Gasteiger partial charge in [-0.3, -0.25) is 4.40 Å². The fraction of sp³-hybridized carbons (Fsp3) is 0.250. The molecule has 0 amide bonds. The molecule has 0 fully saturated rings. The van der Waals surface area contributed by atoms with Gasteiger partial charge < -0.3 is 15.6 Å². The molecule has 0 spiro atoms.